The third-order valence-corrected chi connectivity index (χ3v) is 5.83. The van der Waals surface area contributed by atoms with Crippen molar-refractivity contribution >= 4 is 34.1 Å². The standard InChI is InChI=1S/C19H29N3O4S/c1-6-26-19(25)15-13(4)16(17(24)20-5)27-18(15)21-14(23)10-22-8-11(2)7-12(3)9-22/h11-12H,6-10H2,1-5H3,(H,20,24)(H,21,23)/t11-,12+. The van der Waals surface area contributed by atoms with E-state index in [2.05, 4.69) is 29.4 Å². The summed E-state index contributed by atoms with van der Waals surface area (Å²) >= 11 is 1.10. The average Bonchev–Trinajstić information content (AvgIpc) is 2.89. The Hall–Kier alpha value is -1.93. The van der Waals surface area contributed by atoms with E-state index in [1.807, 2.05) is 0 Å². The molecule has 2 heterocycles. The van der Waals surface area contributed by atoms with E-state index in [0.717, 1.165) is 24.4 Å². The quantitative estimate of drug-likeness (QED) is 0.723. The highest BCUT2D eigenvalue weighted by Gasteiger charge is 2.28. The summed E-state index contributed by atoms with van der Waals surface area (Å²) in [5.74, 6) is 0.103. The molecule has 1 fully saturated rings. The van der Waals surface area contributed by atoms with Gasteiger partial charge in [-0.3, -0.25) is 14.5 Å². The number of likely N-dealkylation sites (tertiary alicyclic amines) is 1. The Morgan fingerprint density at radius 2 is 1.85 bits per heavy atom. The Morgan fingerprint density at radius 1 is 1.22 bits per heavy atom. The molecule has 2 rings (SSSR count). The van der Waals surface area contributed by atoms with E-state index < -0.39 is 5.97 Å². The van der Waals surface area contributed by atoms with E-state index in [9.17, 15) is 14.4 Å². The number of rotatable bonds is 6. The minimum absolute atomic E-state index is 0.188. The number of piperidine rings is 1. The van der Waals surface area contributed by atoms with Gasteiger partial charge in [-0.1, -0.05) is 13.8 Å². The van der Waals surface area contributed by atoms with Crippen LogP contribution >= 0.6 is 11.3 Å². The molecule has 0 unspecified atom stereocenters. The maximum Gasteiger partial charge on any atom is 0.341 e. The number of thiophene rings is 1. The number of nitrogens with zero attached hydrogens (tertiary/aromatic N) is 1. The largest absolute Gasteiger partial charge is 0.462 e. The number of carbonyl (C=O) groups excluding carboxylic acids is 3. The summed E-state index contributed by atoms with van der Waals surface area (Å²) in [6, 6.07) is 0. The summed E-state index contributed by atoms with van der Waals surface area (Å²) < 4.78 is 5.11. The lowest BCUT2D eigenvalue weighted by Gasteiger charge is -2.34. The van der Waals surface area contributed by atoms with Gasteiger partial charge in [0.1, 0.15) is 5.00 Å². The molecule has 0 radical (unpaired) electrons. The molecule has 0 spiro atoms. The molecular weight excluding hydrogens is 366 g/mol. The molecule has 0 bridgehead atoms. The van der Waals surface area contributed by atoms with Crippen LogP contribution in [-0.2, 0) is 9.53 Å². The highest BCUT2D eigenvalue weighted by Crippen LogP contribution is 2.34. The molecule has 2 atom stereocenters. The molecule has 0 saturated carbocycles. The van der Waals surface area contributed by atoms with Crippen molar-refractivity contribution in [3.8, 4) is 0 Å². The first kappa shape index (κ1) is 21.4. The predicted octanol–water partition coefficient (Wildman–Crippen LogP) is 2.51. The van der Waals surface area contributed by atoms with Gasteiger partial charge in [0.25, 0.3) is 5.91 Å². The van der Waals surface area contributed by atoms with Crippen molar-refractivity contribution in [3.63, 3.8) is 0 Å². The summed E-state index contributed by atoms with van der Waals surface area (Å²) in [6.45, 7) is 10.1. The van der Waals surface area contributed by atoms with Gasteiger partial charge in [-0.2, -0.15) is 0 Å². The molecule has 1 aliphatic rings. The topological polar surface area (TPSA) is 87.7 Å². The first-order valence-corrected chi connectivity index (χ1v) is 10.1. The first-order chi connectivity index (χ1) is 12.8. The van der Waals surface area contributed by atoms with Crippen molar-refractivity contribution in [2.24, 2.45) is 11.8 Å². The predicted molar refractivity (Wildman–Crippen MR) is 106 cm³/mol. The van der Waals surface area contributed by atoms with Crippen molar-refractivity contribution in [1.82, 2.24) is 10.2 Å². The average molecular weight is 396 g/mol. The normalized spacial score (nSPS) is 20.2. The van der Waals surface area contributed by atoms with E-state index in [1.54, 1.807) is 13.8 Å². The van der Waals surface area contributed by atoms with Crippen molar-refractivity contribution in [3.05, 3.63) is 16.0 Å². The second-order valence-electron chi connectivity index (χ2n) is 7.25. The van der Waals surface area contributed by atoms with Gasteiger partial charge < -0.3 is 15.4 Å². The fourth-order valence-corrected chi connectivity index (χ4v) is 4.83. The van der Waals surface area contributed by atoms with Crippen LogP contribution in [0.15, 0.2) is 0 Å². The fraction of sp³-hybridized carbons (Fsp3) is 0.632. The highest BCUT2D eigenvalue weighted by molar-refractivity contribution is 7.18. The lowest BCUT2D eigenvalue weighted by atomic mass is 9.92. The second kappa shape index (κ2) is 9.32. The number of amides is 2. The van der Waals surface area contributed by atoms with E-state index in [1.165, 1.54) is 13.5 Å². The van der Waals surface area contributed by atoms with E-state index in [-0.39, 0.29) is 30.5 Å². The van der Waals surface area contributed by atoms with Crippen molar-refractivity contribution in [2.45, 2.75) is 34.1 Å². The van der Waals surface area contributed by atoms with E-state index in [4.69, 9.17) is 4.74 Å². The maximum absolute atomic E-state index is 12.6. The molecule has 2 N–H and O–H groups in total. The number of carbonyl (C=O) groups is 3. The lowest BCUT2D eigenvalue weighted by molar-refractivity contribution is -0.117. The lowest BCUT2D eigenvalue weighted by Crippen LogP contribution is -2.42. The molecule has 1 aromatic rings. The van der Waals surface area contributed by atoms with Gasteiger partial charge in [0.2, 0.25) is 5.91 Å². The van der Waals surface area contributed by atoms with Gasteiger partial charge in [0.15, 0.2) is 0 Å². The van der Waals surface area contributed by atoms with Crippen LogP contribution in [-0.4, -0.2) is 56.0 Å². The zero-order valence-corrected chi connectivity index (χ0v) is 17.5. The van der Waals surface area contributed by atoms with Gasteiger partial charge in [0, 0.05) is 20.1 Å². The number of esters is 1. The highest BCUT2D eigenvalue weighted by atomic mass is 32.1. The summed E-state index contributed by atoms with van der Waals surface area (Å²) in [7, 11) is 1.53. The van der Waals surface area contributed by atoms with Crippen LogP contribution in [0.2, 0.25) is 0 Å². The monoisotopic (exact) mass is 395 g/mol. The number of ether oxygens (including phenoxy) is 1. The minimum Gasteiger partial charge on any atom is -0.462 e. The van der Waals surface area contributed by atoms with Crippen molar-refractivity contribution in [1.29, 1.82) is 0 Å². The van der Waals surface area contributed by atoms with Gasteiger partial charge in [-0.15, -0.1) is 11.3 Å². The number of hydrogen-bond acceptors (Lipinski definition) is 6. The molecule has 150 valence electrons. The van der Waals surface area contributed by atoms with Crippen LogP contribution in [0.4, 0.5) is 5.00 Å². The maximum atomic E-state index is 12.6. The van der Waals surface area contributed by atoms with Gasteiger partial charge in [-0.25, -0.2) is 4.79 Å². The first-order valence-electron chi connectivity index (χ1n) is 9.31. The van der Waals surface area contributed by atoms with E-state index in [0.29, 0.717) is 27.3 Å². The van der Waals surface area contributed by atoms with Gasteiger partial charge in [0.05, 0.1) is 23.6 Å². The molecular formula is C19H29N3O4S. The number of nitrogens with one attached hydrogen (secondary N) is 2. The molecule has 8 heteroatoms. The third-order valence-electron chi connectivity index (χ3n) is 4.62. The van der Waals surface area contributed by atoms with Crippen LogP contribution in [0.1, 0.15) is 52.8 Å². The molecule has 7 nitrogen and oxygen atoms in total. The SMILES string of the molecule is CCOC(=O)c1c(NC(=O)CN2C[C@H](C)C[C@H](C)C2)sc(C(=O)NC)c1C. The second-order valence-corrected chi connectivity index (χ2v) is 8.27. The Bertz CT molecular complexity index is 706. The van der Waals surface area contributed by atoms with Crippen LogP contribution in [0.5, 0.6) is 0 Å². The van der Waals surface area contributed by atoms with Crippen LogP contribution in [0.3, 0.4) is 0 Å². The Balaban J connectivity index is 2.19. The Kier molecular flexibility index (Phi) is 7.38. The molecule has 1 aliphatic heterocycles. The zero-order chi connectivity index (χ0) is 20.1. The fourth-order valence-electron chi connectivity index (χ4n) is 3.67. The Labute approximate surface area is 164 Å². The number of hydrogen-bond donors (Lipinski definition) is 2. The third kappa shape index (κ3) is 5.29. The summed E-state index contributed by atoms with van der Waals surface area (Å²) in [5, 5.41) is 5.75. The van der Waals surface area contributed by atoms with Gasteiger partial charge >= 0.3 is 5.97 Å². The van der Waals surface area contributed by atoms with Crippen LogP contribution in [0, 0.1) is 18.8 Å². The zero-order valence-electron chi connectivity index (χ0n) is 16.7. The van der Waals surface area contributed by atoms with Crippen LogP contribution < -0.4 is 10.6 Å². The minimum atomic E-state index is -0.531. The smallest absolute Gasteiger partial charge is 0.341 e. The molecule has 27 heavy (non-hydrogen) atoms. The molecule has 2 amide bonds. The summed E-state index contributed by atoms with van der Waals surface area (Å²) in [6.07, 6.45) is 1.17. The molecule has 0 aromatic carbocycles. The summed E-state index contributed by atoms with van der Waals surface area (Å²) in [5.41, 5.74) is 0.780. The Morgan fingerprint density at radius 3 is 2.41 bits per heavy atom. The molecule has 1 saturated heterocycles. The van der Waals surface area contributed by atoms with Crippen molar-refractivity contribution in [2.75, 3.05) is 38.6 Å². The van der Waals surface area contributed by atoms with Crippen molar-refractivity contribution < 1.29 is 19.1 Å². The van der Waals surface area contributed by atoms with Gasteiger partial charge in [-0.05, 0) is 37.7 Å². The summed E-state index contributed by atoms with van der Waals surface area (Å²) in [4.78, 5) is 39.6. The number of anilines is 1. The van der Waals surface area contributed by atoms with E-state index >= 15 is 0 Å². The van der Waals surface area contributed by atoms with Crippen LogP contribution in [0.25, 0.3) is 0 Å². The molecule has 1 aromatic heterocycles. The molecule has 0 aliphatic carbocycles.